The van der Waals surface area contributed by atoms with Crippen LogP contribution < -0.4 is 15.9 Å². The molecule has 28 heavy (non-hydrogen) atoms. The second kappa shape index (κ2) is 8.99. The first kappa shape index (κ1) is 20.0. The van der Waals surface area contributed by atoms with Crippen LogP contribution in [0.5, 0.6) is 5.75 Å². The molecule has 3 aromatic rings. The van der Waals surface area contributed by atoms with E-state index in [1.165, 1.54) is 16.4 Å². The van der Waals surface area contributed by atoms with Crippen LogP contribution in [0.1, 0.15) is 13.8 Å². The quantitative estimate of drug-likeness (QED) is 0.448. The van der Waals surface area contributed by atoms with E-state index in [2.05, 4.69) is 15.5 Å². The predicted octanol–water partition coefficient (Wildman–Crippen LogP) is 3.83. The second-order valence-electron chi connectivity index (χ2n) is 5.87. The van der Waals surface area contributed by atoms with Crippen LogP contribution in [0, 0.1) is 0 Å². The Morgan fingerprint density at radius 3 is 2.82 bits per heavy atom. The Labute approximate surface area is 172 Å². The number of nitrogens with two attached hydrogens (primary N) is 1. The molecule has 1 amide bonds. The molecule has 0 radical (unpaired) electrons. The zero-order valence-corrected chi connectivity index (χ0v) is 17.0. The van der Waals surface area contributed by atoms with Gasteiger partial charge in [-0.2, -0.15) is 0 Å². The first-order valence-electron chi connectivity index (χ1n) is 8.65. The number of amides is 1. The van der Waals surface area contributed by atoms with Crippen LogP contribution in [0.25, 0.3) is 11.4 Å². The molecule has 1 heterocycles. The number of nitrogen functional groups attached to an aromatic ring is 1. The molecule has 0 fully saturated rings. The van der Waals surface area contributed by atoms with Gasteiger partial charge in [0, 0.05) is 10.6 Å². The van der Waals surface area contributed by atoms with Crippen LogP contribution in [-0.4, -0.2) is 32.6 Å². The number of hydrogen-bond donors (Lipinski definition) is 2. The summed E-state index contributed by atoms with van der Waals surface area (Å²) in [6.45, 7) is 4.18. The lowest BCUT2D eigenvalue weighted by atomic mass is 10.2. The molecule has 0 aliphatic heterocycles. The van der Waals surface area contributed by atoms with E-state index in [1.54, 1.807) is 25.1 Å². The van der Waals surface area contributed by atoms with Crippen molar-refractivity contribution in [2.75, 3.05) is 17.8 Å². The number of carbonyl (C=O) groups excluding carboxylic acids is 1. The Hall–Kier alpha value is -2.71. The summed E-state index contributed by atoms with van der Waals surface area (Å²) < 4.78 is 6.89. The maximum absolute atomic E-state index is 12.6. The Morgan fingerprint density at radius 2 is 2.07 bits per heavy atom. The van der Waals surface area contributed by atoms with Crippen LogP contribution in [0.3, 0.4) is 0 Å². The van der Waals surface area contributed by atoms with Gasteiger partial charge in [-0.15, -0.1) is 10.2 Å². The number of nitrogens with one attached hydrogen (secondary N) is 1. The van der Waals surface area contributed by atoms with Gasteiger partial charge in [0.25, 0.3) is 0 Å². The number of aromatic nitrogens is 3. The number of nitrogens with zero attached hydrogens (tertiary/aromatic N) is 3. The van der Waals surface area contributed by atoms with Gasteiger partial charge < -0.3 is 15.9 Å². The van der Waals surface area contributed by atoms with E-state index in [0.717, 1.165) is 5.56 Å². The SMILES string of the molecule is CCOc1ccccc1NC(=O)[C@H](C)Sc1nnc(-c2cccc(Cl)c2)n1N. The van der Waals surface area contributed by atoms with Gasteiger partial charge in [0.05, 0.1) is 17.5 Å². The van der Waals surface area contributed by atoms with E-state index < -0.39 is 5.25 Å². The fraction of sp³-hybridized carbons (Fsp3) is 0.211. The van der Waals surface area contributed by atoms with Gasteiger partial charge in [0.15, 0.2) is 5.82 Å². The highest BCUT2D eigenvalue weighted by molar-refractivity contribution is 8.00. The van der Waals surface area contributed by atoms with Crippen molar-refractivity contribution in [2.45, 2.75) is 24.3 Å². The van der Waals surface area contributed by atoms with Crippen LogP contribution in [-0.2, 0) is 4.79 Å². The number of carbonyl (C=O) groups is 1. The topological polar surface area (TPSA) is 95.1 Å². The van der Waals surface area contributed by atoms with E-state index >= 15 is 0 Å². The summed E-state index contributed by atoms with van der Waals surface area (Å²) in [5.41, 5.74) is 1.37. The number of ether oxygens (including phenoxy) is 1. The van der Waals surface area contributed by atoms with Gasteiger partial charge in [0.1, 0.15) is 5.75 Å². The fourth-order valence-corrected chi connectivity index (χ4v) is 3.44. The lowest BCUT2D eigenvalue weighted by molar-refractivity contribution is -0.115. The fourth-order valence-electron chi connectivity index (χ4n) is 2.48. The Morgan fingerprint density at radius 1 is 1.29 bits per heavy atom. The van der Waals surface area contributed by atoms with E-state index in [1.807, 2.05) is 37.3 Å². The van der Waals surface area contributed by atoms with Crippen LogP contribution in [0.2, 0.25) is 5.02 Å². The van der Waals surface area contributed by atoms with Crippen molar-refractivity contribution in [3.05, 3.63) is 53.6 Å². The van der Waals surface area contributed by atoms with Crippen LogP contribution in [0.4, 0.5) is 5.69 Å². The summed E-state index contributed by atoms with van der Waals surface area (Å²) in [5, 5.41) is 11.7. The average molecular weight is 418 g/mol. The van der Waals surface area contributed by atoms with E-state index in [0.29, 0.717) is 34.0 Å². The zero-order chi connectivity index (χ0) is 20.1. The molecule has 1 aromatic heterocycles. The summed E-state index contributed by atoms with van der Waals surface area (Å²) in [6.07, 6.45) is 0. The molecule has 0 unspecified atom stereocenters. The standard InChI is InChI=1S/C19H20ClN5O2S/c1-3-27-16-10-5-4-9-15(16)22-18(26)12(2)28-19-24-23-17(25(19)21)13-7-6-8-14(20)11-13/h4-12H,3,21H2,1-2H3,(H,22,26)/t12-/m0/s1. The number of hydrogen-bond acceptors (Lipinski definition) is 6. The Bertz CT molecular complexity index is 978. The van der Waals surface area contributed by atoms with Gasteiger partial charge in [-0.25, -0.2) is 4.68 Å². The largest absolute Gasteiger partial charge is 0.492 e. The summed E-state index contributed by atoms with van der Waals surface area (Å²) in [7, 11) is 0. The van der Waals surface area contributed by atoms with Crippen molar-refractivity contribution in [3.8, 4) is 17.1 Å². The van der Waals surface area contributed by atoms with Crippen LogP contribution >= 0.6 is 23.4 Å². The zero-order valence-electron chi connectivity index (χ0n) is 15.4. The van der Waals surface area contributed by atoms with Gasteiger partial charge in [0.2, 0.25) is 11.1 Å². The van der Waals surface area contributed by atoms with Gasteiger partial charge in [-0.05, 0) is 38.1 Å². The molecular formula is C19H20ClN5O2S. The van der Waals surface area contributed by atoms with E-state index in [4.69, 9.17) is 22.2 Å². The highest BCUT2D eigenvalue weighted by Crippen LogP contribution is 2.28. The smallest absolute Gasteiger partial charge is 0.237 e. The van der Waals surface area contributed by atoms with Crippen molar-refractivity contribution in [3.63, 3.8) is 0 Å². The minimum atomic E-state index is -0.451. The summed E-state index contributed by atoms with van der Waals surface area (Å²) >= 11 is 7.24. The molecule has 146 valence electrons. The van der Waals surface area contributed by atoms with Crippen molar-refractivity contribution in [2.24, 2.45) is 0 Å². The molecule has 3 rings (SSSR count). The highest BCUT2D eigenvalue weighted by Gasteiger charge is 2.21. The Kier molecular flexibility index (Phi) is 6.43. The molecule has 0 aliphatic carbocycles. The molecule has 0 bridgehead atoms. The number of para-hydroxylation sites is 2. The minimum Gasteiger partial charge on any atom is -0.492 e. The molecule has 0 aliphatic rings. The molecule has 7 nitrogen and oxygen atoms in total. The number of halogens is 1. The summed E-state index contributed by atoms with van der Waals surface area (Å²) in [5.74, 6) is 7.03. The molecular weight excluding hydrogens is 398 g/mol. The molecule has 0 saturated heterocycles. The van der Waals surface area contributed by atoms with E-state index in [9.17, 15) is 4.79 Å². The van der Waals surface area contributed by atoms with Gasteiger partial charge >= 0.3 is 0 Å². The number of benzene rings is 2. The van der Waals surface area contributed by atoms with Crippen LogP contribution in [0.15, 0.2) is 53.7 Å². The van der Waals surface area contributed by atoms with Crippen molar-refractivity contribution >= 4 is 35.0 Å². The third kappa shape index (κ3) is 4.58. The van der Waals surface area contributed by atoms with Gasteiger partial charge in [-0.3, -0.25) is 4.79 Å². The number of thioether (sulfide) groups is 1. The normalized spacial score (nSPS) is 11.8. The molecule has 1 atom stereocenters. The maximum atomic E-state index is 12.6. The van der Waals surface area contributed by atoms with Crippen molar-refractivity contribution < 1.29 is 9.53 Å². The van der Waals surface area contributed by atoms with Crippen molar-refractivity contribution in [1.82, 2.24) is 14.9 Å². The minimum absolute atomic E-state index is 0.190. The summed E-state index contributed by atoms with van der Waals surface area (Å²) in [4.78, 5) is 12.6. The number of anilines is 1. The molecule has 2 aromatic carbocycles. The van der Waals surface area contributed by atoms with E-state index in [-0.39, 0.29) is 5.91 Å². The highest BCUT2D eigenvalue weighted by atomic mass is 35.5. The predicted molar refractivity (Wildman–Crippen MR) is 112 cm³/mol. The average Bonchev–Trinajstić information content (AvgIpc) is 3.04. The lowest BCUT2D eigenvalue weighted by Gasteiger charge is -2.14. The Balaban J connectivity index is 1.71. The third-order valence-corrected chi connectivity index (χ3v) is 5.14. The van der Waals surface area contributed by atoms with Crippen molar-refractivity contribution in [1.29, 1.82) is 0 Å². The van der Waals surface area contributed by atoms with Gasteiger partial charge in [-0.1, -0.05) is 47.6 Å². The summed E-state index contributed by atoms with van der Waals surface area (Å²) in [6, 6.07) is 14.5. The molecule has 0 saturated carbocycles. The first-order chi connectivity index (χ1) is 13.5. The third-order valence-electron chi connectivity index (χ3n) is 3.84. The maximum Gasteiger partial charge on any atom is 0.237 e. The number of rotatable bonds is 7. The lowest BCUT2D eigenvalue weighted by Crippen LogP contribution is -2.24. The molecule has 3 N–H and O–H groups in total. The molecule has 0 spiro atoms. The monoisotopic (exact) mass is 417 g/mol. The first-order valence-corrected chi connectivity index (χ1v) is 9.91. The molecule has 9 heteroatoms. The second-order valence-corrected chi connectivity index (χ2v) is 7.61.